The van der Waals surface area contributed by atoms with Crippen LogP contribution in [0.4, 0.5) is 0 Å². The van der Waals surface area contributed by atoms with Gasteiger partial charge in [0.2, 0.25) is 0 Å². The van der Waals surface area contributed by atoms with Crippen molar-refractivity contribution < 1.29 is 9.47 Å². The van der Waals surface area contributed by atoms with Crippen LogP contribution in [0, 0.1) is 0 Å². The lowest BCUT2D eigenvalue weighted by Gasteiger charge is -2.12. The summed E-state index contributed by atoms with van der Waals surface area (Å²) in [5.74, 6) is 0.508. The molecule has 0 aromatic carbocycles. The minimum absolute atomic E-state index is 0.0693. The van der Waals surface area contributed by atoms with Gasteiger partial charge in [-0.05, 0) is 6.42 Å². The van der Waals surface area contributed by atoms with Gasteiger partial charge in [0.1, 0.15) is 15.4 Å². The van der Waals surface area contributed by atoms with Crippen LogP contribution >= 0.6 is 0 Å². The molecule has 0 heterocycles. The molecule has 0 rings (SSSR count). The molecular weight excluding hydrogens is 210 g/mol. The van der Waals surface area contributed by atoms with Crippen molar-refractivity contribution >= 4 is 15.5 Å². The van der Waals surface area contributed by atoms with Crippen molar-refractivity contribution in [3.05, 3.63) is 0 Å². The normalized spacial score (nSPS) is 12.2. The third-order valence-corrected chi connectivity index (χ3v) is 3.25. The summed E-state index contributed by atoms with van der Waals surface area (Å²) in [5, 5.41) is 0. The lowest BCUT2D eigenvalue weighted by atomic mass is 10.5. The van der Waals surface area contributed by atoms with Crippen molar-refractivity contribution in [1.29, 1.82) is 0 Å². The van der Waals surface area contributed by atoms with Gasteiger partial charge in [-0.3, -0.25) is 4.99 Å². The predicted octanol–water partition coefficient (Wildman–Crippen LogP) is -0.0483. The van der Waals surface area contributed by atoms with Crippen molar-refractivity contribution in [2.45, 2.75) is 18.4 Å². The molecule has 0 spiro atoms. The second-order valence-electron chi connectivity index (χ2n) is 3.25. The zero-order valence-electron chi connectivity index (χ0n) is 9.99. The Morgan fingerprint density at radius 1 is 1.40 bits per heavy atom. The Labute approximate surface area is 94.5 Å². The Bertz CT molecular complexity index is 184. The van der Waals surface area contributed by atoms with E-state index in [-0.39, 0.29) is 5.91 Å². The minimum atomic E-state index is -0.0693. The van der Waals surface area contributed by atoms with E-state index in [0.29, 0.717) is 15.5 Å². The molecule has 2 N–H and O–H groups in total. The van der Waals surface area contributed by atoms with E-state index in [0.717, 1.165) is 19.0 Å². The molecule has 0 amide bonds. The highest BCUT2D eigenvalue weighted by Gasteiger charge is 2.04. The zero-order valence-corrected chi connectivity index (χ0v) is 11.0. The SMILES string of the molecule is COC(OC)[Si]CCCN=C(N)N(C)C. The van der Waals surface area contributed by atoms with E-state index in [2.05, 4.69) is 4.99 Å². The average molecular weight is 231 g/mol. The molecule has 0 aliphatic carbocycles. The fourth-order valence-electron chi connectivity index (χ4n) is 0.897. The highest BCUT2D eigenvalue weighted by molar-refractivity contribution is 6.36. The topological polar surface area (TPSA) is 60.1 Å². The van der Waals surface area contributed by atoms with Crippen LogP contribution < -0.4 is 5.73 Å². The number of aliphatic imine (C=N–C) groups is 1. The molecule has 0 atom stereocenters. The van der Waals surface area contributed by atoms with Gasteiger partial charge in [0, 0.05) is 34.9 Å². The van der Waals surface area contributed by atoms with Crippen LogP contribution in [0.15, 0.2) is 4.99 Å². The summed E-state index contributed by atoms with van der Waals surface area (Å²) in [4.78, 5) is 6.02. The molecule has 0 aromatic heterocycles. The molecule has 0 unspecified atom stereocenters. The number of hydrogen-bond acceptors (Lipinski definition) is 3. The summed E-state index contributed by atoms with van der Waals surface area (Å²) in [6, 6.07) is 1.05. The zero-order chi connectivity index (χ0) is 11.7. The number of ether oxygens (including phenoxy) is 2. The standard InChI is InChI=1S/C9H21N3O2Si/c1-12(2)8(10)11-6-5-7-15-9(13-3)14-4/h9H,5-7H2,1-4H3,(H2,10,11). The van der Waals surface area contributed by atoms with E-state index >= 15 is 0 Å². The summed E-state index contributed by atoms with van der Waals surface area (Å²) in [5.41, 5.74) is 5.64. The van der Waals surface area contributed by atoms with E-state index < -0.39 is 0 Å². The molecule has 0 aliphatic heterocycles. The van der Waals surface area contributed by atoms with Crippen LogP contribution in [-0.4, -0.2) is 61.2 Å². The first-order chi connectivity index (χ1) is 7.11. The van der Waals surface area contributed by atoms with E-state index in [4.69, 9.17) is 15.2 Å². The monoisotopic (exact) mass is 231 g/mol. The van der Waals surface area contributed by atoms with Gasteiger partial charge in [-0.25, -0.2) is 0 Å². The van der Waals surface area contributed by atoms with Gasteiger partial charge >= 0.3 is 0 Å². The maximum atomic E-state index is 5.64. The molecule has 0 aromatic rings. The molecule has 0 saturated heterocycles. The van der Waals surface area contributed by atoms with Crippen molar-refractivity contribution in [3.8, 4) is 0 Å². The second kappa shape index (κ2) is 8.69. The molecule has 0 saturated carbocycles. The van der Waals surface area contributed by atoms with E-state index in [1.807, 2.05) is 14.1 Å². The molecule has 15 heavy (non-hydrogen) atoms. The number of guanidine groups is 1. The van der Waals surface area contributed by atoms with Crippen molar-refractivity contribution in [1.82, 2.24) is 4.90 Å². The number of nitrogens with two attached hydrogens (primary N) is 1. The first kappa shape index (κ1) is 14.4. The molecule has 0 bridgehead atoms. The van der Waals surface area contributed by atoms with Gasteiger partial charge in [0.05, 0.1) is 0 Å². The van der Waals surface area contributed by atoms with Gasteiger partial charge in [0.25, 0.3) is 0 Å². The van der Waals surface area contributed by atoms with Gasteiger partial charge in [0.15, 0.2) is 5.96 Å². The molecule has 0 aliphatic rings. The van der Waals surface area contributed by atoms with Gasteiger partial charge in [-0.2, -0.15) is 0 Å². The second-order valence-corrected chi connectivity index (χ2v) is 4.63. The Morgan fingerprint density at radius 3 is 2.47 bits per heavy atom. The number of hydrogen-bond donors (Lipinski definition) is 1. The summed E-state index contributed by atoms with van der Waals surface area (Å²) in [6.45, 7) is 0.761. The molecular formula is C9H21N3O2Si. The van der Waals surface area contributed by atoms with E-state index in [9.17, 15) is 0 Å². The average Bonchev–Trinajstić information content (AvgIpc) is 2.23. The van der Waals surface area contributed by atoms with Gasteiger partial charge in [-0.15, -0.1) is 0 Å². The van der Waals surface area contributed by atoms with Crippen LogP contribution in [0.25, 0.3) is 0 Å². The lowest BCUT2D eigenvalue weighted by Crippen LogP contribution is -2.30. The summed E-state index contributed by atoms with van der Waals surface area (Å²) in [7, 11) is 7.73. The molecule has 5 nitrogen and oxygen atoms in total. The first-order valence-corrected chi connectivity index (χ1v) is 6.16. The van der Waals surface area contributed by atoms with Crippen LogP contribution in [0.3, 0.4) is 0 Å². The van der Waals surface area contributed by atoms with Gasteiger partial charge in [-0.1, -0.05) is 6.04 Å². The van der Waals surface area contributed by atoms with Crippen LogP contribution in [-0.2, 0) is 9.47 Å². The Balaban J connectivity index is 3.50. The fraction of sp³-hybridized carbons (Fsp3) is 0.889. The van der Waals surface area contributed by atoms with Crippen molar-refractivity contribution in [2.75, 3.05) is 34.9 Å². The highest BCUT2D eigenvalue weighted by Crippen LogP contribution is 1.96. The van der Waals surface area contributed by atoms with E-state index in [1.165, 1.54) is 0 Å². The fourth-order valence-corrected chi connectivity index (χ4v) is 1.83. The maximum absolute atomic E-state index is 5.64. The third kappa shape index (κ3) is 7.35. The molecule has 88 valence electrons. The summed E-state index contributed by atoms with van der Waals surface area (Å²) >= 11 is 0. The quantitative estimate of drug-likeness (QED) is 0.219. The lowest BCUT2D eigenvalue weighted by molar-refractivity contribution is -0.0441. The Morgan fingerprint density at radius 2 is 2.00 bits per heavy atom. The molecule has 6 heteroatoms. The Hall–Kier alpha value is -0.593. The largest absolute Gasteiger partial charge is 0.370 e. The maximum Gasteiger partial charge on any atom is 0.190 e. The van der Waals surface area contributed by atoms with Gasteiger partial charge < -0.3 is 20.1 Å². The number of nitrogens with zero attached hydrogens (tertiary/aromatic N) is 2. The summed E-state index contributed by atoms with van der Waals surface area (Å²) < 4.78 is 10.2. The minimum Gasteiger partial charge on any atom is -0.370 e. The van der Waals surface area contributed by atoms with E-state index in [1.54, 1.807) is 19.1 Å². The van der Waals surface area contributed by atoms with Crippen molar-refractivity contribution in [2.24, 2.45) is 10.7 Å². The summed E-state index contributed by atoms with van der Waals surface area (Å²) in [6.07, 6.45) is 1.01. The smallest absolute Gasteiger partial charge is 0.190 e. The molecule has 0 fully saturated rings. The highest BCUT2D eigenvalue weighted by atomic mass is 28.2. The van der Waals surface area contributed by atoms with Crippen LogP contribution in [0.1, 0.15) is 6.42 Å². The van der Waals surface area contributed by atoms with Crippen LogP contribution in [0.5, 0.6) is 0 Å². The molecule has 2 radical (unpaired) electrons. The number of methoxy groups -OCH3 is 2. The first-order valence-electron chi connectivity index (χ1n) is 4.88. The predicted molar refractivity (Wildman–Crippen MR) is 63.2 cm³/mol. The van der Waals surface area contributed by atoms with Crippen LogP contribution in [0.2, 0.25) is 6.04 Å². The Kier molecular flexibility index (Phi) is 8.35. The van der Waals surface area contributed by atoms with Crippen molar-refractivity contribution in [3.63, 3.8) is 0 Å². The number of rotatable bonds is 7. The third-order valence-electron chi connectivity index (χ3n) is 1.81.